The number of nitrogens with zero attached hydrogens (tertiary/aromatic N) is 3. The molecule has 0 saturated carbocycles. The number of aryl methyl sites for hydroxylation is 1. The number of fused-ring (bicyclic) bond motifs is 1. The zero-order chi connectivity index (χ0) is 20.0. The lowest BCUT2D eigenvalue weighted by atomic mass is 9.96. The van der Waals surface area contributed by atoms with Crippen LogP contribution in [0.4, 0.5) is 5.69 Å². The Morgan fingerprint density at radius 3 is 2.48 bits per heavy atom. The summed E-state index contributed by atoms with van der Waals surface area (Å²) in [6, 6.07) is 19.0. The first-order valence-electron chi connectivity index (χ1n) is 9.28. The van der Waals surface area contributed by atoms with Crippen LogP contribution in [0.25, 0.3) is 11.3 Å². The van der Waals surface area contributed by atoms with Gasteiger partial charge in [0.05, 0.1) is 11.7 Å². The zero-order valence-electron chi connectivity index (χ0n) is 15.6. The molecule has 0 spiro atoms. The molecule has 0 saturated heterocycles. The molecule has 1 aliphatic heterocycles. The van der Waals surface area contributed by atoms with E-state index in [1.807, 2.05) is 55.5 Å². The quantitative estimate of drug-likeness (QED) is 0.515. The van der Waals surface area contributed by atoms with Crippen LogP contribution >= 0.6 is 11.6 Å². The molecule has 29 heavy (non-hydrogen) atoms. The summed E-state index contributed by atoms with van der Waals surface area (Å²) >= 11 is 6.06. The Bertz CT molecular complexity index is 1180. The average Bonchev–Trinajstić information content (AvgIpc) is 3.29. The van der Waals surface area contributed by atoms with Gasteiger partial charge in [0.1, 0.15) is 5.69 Å². The molecular formula is C23H17ClN4O. The number of nitrogens with one attached hydrogen (secondary N) is 1. The minimum Gasteiger partial charge on any atom is -0.295 e. The SMILES string of the molecule is Cc1ccc(-c2n[nH]c3c2C(c2cccnc2)N(c2ccc(Cl)cc2)C3=O)cc1. The number of benzene rings is 2. The maximum absolute atomic E-state index is 13.4. The Morgan fingerprint density at radius 1 is 1.03 bits per heavy atom. The molecule has 1 N–H and O–H groups in total. The molecule has 0 aliphatic carbocycles. The lowest BCUT2D eigenvalue weighted by molar-refractivity contribution is 0.0989. The molecule has 0 radical (unpaired) electrons. The lowest BCUT2D eigenvalue weighted by Gasteiger charge is -2.26. The number of H-pyrrole nitrogens is 1. The second-order valence-corrected chi connectivity index (χ2v) is 7.50. The van der Waals surface area contributed by atoms with E-state index in [-0.39, 0.29) is 11.9 Å². The second kappa shape index (κ2) is 6.87. The fourth-order valence-electron chi connectivity index (χ4n) is 3.80. The van der Waals surface area contributed by atoms with E-state index >= 15 is 0 Å². The zero-order valence-corrected chi connectivity index (χ0v) is 16.4. The van der Waals surface area contributed by atoms with E-state index < -0.39 is 0 Å². The summed E-state index contributed by atoms with van der Waals surface area (Å²) in [5, 5.41) is 8.09. The van der Waals surface area contributed by atoms with Gasteiger partial charge < -0.3 is 0 Å². The molecule has 1 unspecified atom stereocenters. The standard InChI is InChI=1S/C23H17ClN4O/c1-14-4-6-15(7-5-14)20-19-21(27-26-20)23(29)28(18-10-8-17(24)9-11-18)22(19)16-3-2-12-25-13-16/h2-13,22H,1H3,(H,26,27). The number of pyridine rings is 1. The van der Waals surface area contributed by atoms with Crippen molar-refractivity contribution in [3.63, 3.8) is 0 Å². The highest BCUT2D eigenvalue weighted by atomic mass is 35.5. The lowest BCUT2D eigenvalue weighted by Crippen LogP contribution is -2.29. The van der Waals surface area contributed by atoms with Gasteiger partial charge in [0.2, 0.25) is 0 Å². The van der Waals surface area contributed by atoms with Crippen LogP contribution in [0.1, 0.15) is 33.2 Å². The van der Waals surface area contributed by atoms with Crippen LogP contribution in [-0.2, 0) is 0 Å². The van der Waals surface area contributed by atoms with Crippen LogP contribution in [0.2, 0.25) is 5.02 Å². The molecule has 2 aromatic carbocycles. The summed E-state index contributed by atoms with van der Waals surface area (Å²) in [6.45, 7) is 2.04. The third-order valence-corrected chi connectivity index (χ3v) is 5.45. The molecule has 1 atom stereocenters. The highest BCUT2D eigenvalue weighted by molar-refractivity contribution is 6.30. The van der Waals surface area contributed by atoms with E-state index in [0.29, 0.717) is 10.7 Å². The Balaban J connectivity index is 1.71. The van der Waals surface area contributed by atoms with E-state index in [2.05, 4.69) is 15.2 Å². The van der Waals surface area contributed by atoms with Crippen LogP contribution in [0, 0.1) is 6.92 Å². The van der Waals surface area contributed by atoms with Gasteiger partial charge in [0.25, 0.3) is 5.91 Å². The number of carbonyl (C=O) groups excluding carboxylic acids is 1. The molecule has 5 nitrogen and oxygen atoms in total. The Morgan fingerprint density at radius 2 is 1.79 bits per heavy atom. The van der Waals surface area contributed by atoms with Crippen molar-refractivity contribution < 1.29 is 4.79 Å². The largest absolute Gasteiger partial charge is 0.295 e. The van der Waals surface area contributed by atoms with Gasteiger partial charge in [-0.25, -0.2) is 0 Å². The third kappa shape index (κ3) is 2.91. The van der Waals surface area contributed by atoms with E-state index in [0.717, 1.165) is 28.1 Å². The van der Waals surface area contributed by atoms with Crippen LogP contribution in [-0.4, -0.2) is 21.1 Å². The number of aromatic nitrogens is 3. The highest BCUT2D eigenvalue weighted by Gasteiger charge is 2.43. The smallest absolute Gasteiger partial charge is 0.277 e. The van der Waals surface area contributed by atoms with Crippen molar-refractivity contribution in [1.29, 1.82) is 0 Å². The van der Waals surface area contributed by atoms with Crippen molar-refractivity contribution in [2.75, 3.05) is 4.90 Å². The highest BCUT2D eigenvalue weighted by Crippen LogP contribution is 2.44. The first-order chi connectivity index (χ1) is 14.1. The minimum atomic E-state index is -0.331. The topological polar surface area (TPSA) is 61.9 Å². The fraction of sp³-hybridized carbons (Fsp3) is 0.0870. The van der Waals surface area contributed by atoms with E-state index in [9.17, 15) is 4.79 Å². The molecule has 2 aromatic heterocycles. The Hall–Kier alpha value is -3.44. The van der Waals surface area contributed by atoms with Gasteiger partial charge in [-0.15, -0.1) is 0 Å². The fourth-order valence-corrected chi connectivity index (χ4v) is 3.93. The summed E-state index contributed by atoms with van der Waals surface area (Å²) in [5.41, 5.74) is 5.97. The predicted molar refractivity (Wildman–Crippen MR) is 113 cm³/mol. The number of aromatic amines is 1. The minimum absolute atomic E-state index is 0.123. The molecule has 142 valence electrons. The molecule has 6 heteroatoms. The van der Waals surface area contributed by atoms with Gasteiger partial charge in [-0.3, -0.25) is 19.8 Å². The first-order valence-corrected chi connectivity index (χ1v) is 9.65. The molecular weight excluding hydrogens is 384 g/mol. The van der Waals surface area contributed by atoms with Gasteiger partial charge in [0, 0.05) is 34.2 Å². The van der Waals surface area contributed by atoms with Crippen molar-refractivity contribution in [3.05, 3.63) is 100 Å². The maximum Gasteiger partial charge on any atom is 0.277 e. The molecule has 5 rings (SSSR count). The van der Waals surface area contributed by atoms with Crippen LogP contribution in [0.3, 0.4) is 0 Å². The van der Waals surface area contributed by atoms with Crippen LogP contribution in [0.5, 0.6) is 0 Å². The van der Waals surface area contributed by atoms with Crippen LogP contribution < -0.4 is 4.90 Å². The molecule has 4 aromatic rings. The van der Waals surface area contributed by atoms with Crippen molar-refractivity contribution in [3.8, 4) is 11.3 Å². The van der Waals surface area contributed by atoms with E-state index in [1.54, 1.807) is 29.4 Å². The summed E-state index contributed by atoms with van der Waals surface area (Å²) in [6.07, 6.45) is 3.52. The summed E-state index contributed by atoms with van der Waals surface area (Å²) in [7, 11) is 0. The predicted octanol–water partition coefficient (Wildman–Crippen LogP) is 5.18. The Labute approximate surface area is 173 Å². The summed E-state index contributed by atoms with van der Waals surface area (Å²) in [5.74, 6) is -0.123. The average molecular weight is 401 g/mol. The number of hydrogen-bond donors (Lipinski definition) is 1. The van der Waals surface area contributed by atoms with Crippen molar-refractivity contribution >= 4 is 23.2 Å². The molecule has 1 amide bonds. The van der Waals surface area contributed by atoms with E-state index in [4.69, 9.17) is 11.6 Å². The van der Waals surface area contributed by atoms with Gasteiger partial charge in [-0.05, 0) is 42.8 Å². The number of hydrogen-bond acceptors (Lipinski definition) is 3. The normalized spacial score (nSPS) is 15.6. The summed E-state index contributed by atoms with van der Waals surface area (Å²) in [4.78, 5) is 19.4. The van der Waals surface area contributed by atoms with Gasteiger partial charge in [0.15, 0.2) is 0 Å². The Kier molecular flexibility index (Phi) is 4.18. The van der Waals surface area contributed by atoms with Gasteiger partial charge >= 0.3 is 0 Å². The number of anilines is 1. The molecule has 0 bridgehead atoms. The summed E-state index contributed by atoms with van der Waals surface area (Å²) < 4.78 is 0. The number of halogens is 1. The molecule has 0 fully saturated rings. The molecule has 1 aliphatic rings. The molecule has 3 heterocycles. The second-order valence-electron chi connectivity index (χ2n) is 7.07. The van der Waals surface area contributed by atoms with E-state index in [1.165, 1.54) is 5.56 Å². The number of amides is 1. The monoisotopic (exact) mass is 400 g/mol. The number of carbonyl (C=O) groups is 1. The van der Waals surface area contributed by atoms with Crippen molar-refractivity contribution in [2.24, 2.45) is 0 Å². The van der Waals surface area contributed by atoms with Crippen LogP contribution in [0.15, 0.2) is 73.1 Å². The van der Waals surface area contributed by atoms with Gasteiger partial charge in [-0.2, -0.15) is 5.10 Å². The first kappa shape index (κ1) is 17.6. The van der Waals surface area contributed by atoms with Gasteiger partial charge in [-0.1, -0.05) is 47.5 Å². The maximum atomic E-state index is 13.4. The number of rotatable bonds is 3. The third-order valence-electron chi connectivity index (χ3n) is 5.20. The van der Waals surface area contributed by atoms with Crippen molar-refractivity contribution in [2.45, 2.75) is 13.0 Å². The van der Waals surface area contributed by atoms with Crippen molar-refractivity contribution in [1.82, 2.24) is 15.2 Å².